The molecule has 0 bridgehead atoms. The van der Waals surface area contributed by atoms with Crippen molar-refractivity contribution >= 4 is 32.6 Å². The Morgan fingerprint density at radius 1 is 1.42 bits per heavy atom. The van der Waals surface area contributed by atoms with E-state index in [0.717, 1.165) is 0 Å². The van der Waals surface area contributed by atoms with E-state index >= 15 is 0 Å². The van der Waals surface area contributed by atoms with Crippen LogP contribution in [0, 0.1) is 12.7 Å². The van der Waals surface area contributed by atoms with E-state index in [1.165, 1.54) is 29.5 Å². The molecule has 1 amide bonds. The van der Waals surface area contributed by atoms with Crippen molar-refractivity contribution in [1.82, 2.24) is 10.1 Å². The third-order valence-corrected chi connectivity index (χ3v) is 3.36. The summed E-state index contributed by atoms with van der Waals surface area (Å²) in [4.78, 5) is 16.0. The van der Waals surface area contributed by atoms with Crippen molar-refractivity contribution in [3.05, 3.63) is 41.5 Å². The van der Waals surface area contributed by atoms with Crippen molar-refractivity contribution in [2.45, 2.75) is 6.92 Å². The minimum atomic E-state index is -0.430. The Kier molecular flexibility index (Phi) is 2.75. The molecule has 2 heterocycles. The van der Waals surface area contributed by atoms with Crippen molar-refractivity contribution in [2.75, 3.05) is 5.32 Å². The van der Waals surface area contributed by atoms with E-state index in [2.05, 4.69) is 15.5 Å². The number of anilines is 1. The van der Waals surface area contributed by atoms with E-state index in [-0.39, 0.29) is 11.6 Å². The summed E-state index contributed by atoms with van der Waals surface area (Å²) in [6, 6.07) is 5.80. The summed E-state index contributed by atoms with van der Waals surface area (Å²) in [6.07, 6.45) is 0. The Morgan fingerprint density at radius 3 is 3.00 bits per heavy atom. The first-order chi connectivity index (χ1) is 9.11. The number of benzene rings is 1. The quantitative estimate of drug-likeness (QED) is 0.782. The van der Waals surface area contributed by atoms with Crippen molar-refractivity contribution in [3.8, 4) is 0 Å². The molecule has 0 atom stereocenters. The summed E-state index contributed by atoms with van der Waals surface area (Å²) in [5.74, 6) is -0.650. The summed E-state index contributed by atoms with van der Waals surface area (Å²) in [7, 11) is 0. The van der Waals surface area contributed by atoms with Crippen molar-refractivity contribution in [1.29, 1.82) is 0 Å². The standard InChI is InChI=1S/C12H8FN3O2S/c1-6-4-9(18-16-6)11(17)15-12-14-8-3-2-7(13)5-10(8)19-12/h2-5H,1H3,(H,14,15,17). The van der Waals surface area contributed by atoms with Gasteiger partial charge in [-0.2, -0.15) is 0 Å². The molecular formula is C12H8FN3O2S. The number of carbonyl (C=O) groups is 1. The van der Waals surface area contributed by atoms with Crippen LogP contribution in [-0.2, 0) is 0 Å². The van der Waals surface area contributed by atoms with Crippen LogP contribution in [0.2, 0.25) is 0 Å². The summed E-state index contributed by atoms with van der Waals surface area (Å²) in [5.41, 5.74) is 1.26. The number of nitrogens with zero attached hydrogens (tertiary/aromatic N) is 2. The largest absolute Gasteiger partial charge is 0.351 e. The van der Waals surface area contributed by atoms with Crippen LogP contribution in [0.5, 0.6) is 0 Å². The molecule has 19 heavy (non-hydrogen) atoms. The van der Waals surface area contributed by atoms with Gasteiger partial charge in [-0.05, 0) is 25.1 Å². The van der Waals surface area contributed by atoms with Gasteiger partial charge in [0.25, 0.3) is 5.91 Å². The number of hydrogen-bond donors (Lipinski definition) is 1. The van der Waals surface area contributed by atoms with Gasteiger partial charge in [-0.15, -0.1) is 0 Å². The van der Waals surface area contributed by atoms with Gasteiger partial charge in [0.05, 0.1) is 15.9 Å². The van der Waals surface area contributed by atoms with Crippen LogP contribution in [0.25, 0.3) is 10.2 Å². The van der Waals surface area contributed by atoms with E-state index < -0.39 is 5.91 Å². The van der Waals surface area contributed by atoms with Crippen LogP contribution in [0.15, 0.2) is 28.8 Å². The average Bonchev–Trinajstić information content (AvgIpc) is 2.94. The summed E-state index contributed by atoms with van der Waals surface area (Å²) < 4.78 is 18.6. The maximum atomic E-state index is 13.0. The second-order valence-electron chi connectivity index (χ2n) is 3.92. The number of rotatable bonds is 2. The smallest absolute Gasteiger partial charge is 0.296 e. The minimum Gasteiger partial charge on any atom is -0.351 e. The van der Waals surface area contributed by atoms with Gasteiger partial charge in [-0.25, -0.2) is 9.37 Å². The molecule has 0 aliphatic heterocycles. The molecule has 1 N–H and O–H groups in total. The first-order valence-corrected chi connectivity index (χ1v) is 6.24. The maximum absolute atomic E-state index is 13.0. The van der Waals surface area contributed by atoms with Crippen LogP contribution in [0.3, 0.4) is 0 Å². The van der Waals surface area contributed by atoms with Crippen LogP contribution in [0.1, 0.15) is 16.2 Å². The zero-order valence-corrected chi connectivity index (χ0v) is 10.6. The molecule has 3 aromatic rings. The topological polar surface area (TPSA) is 68.0 Å². The highest BCUT2D eigenvalue weighted by Crippen LogP contribution is 2.26. The predicted octanol–water partition coefficient (Wildman–Crippen LogP) is 2.98. The van der Waals surface area contributed by atoms with Gasteiger partial charge >= 0.3 is 0 Å². The van der Waals surface area contributed by atoms with Crippen molar-refractivity contribution in [3.63, 3.8) is 0 Å². The van der Waals surface area contributed by atoms with Crippen LogP contribution >= 0.6 is 11.3 Å². The lowest BCUT2D eigenvalue weighted by Crippen LogP contribution is -2.10. The van der Waals surface area contributed by atoms with Crippen LogP contribution < -0.4 is 5.32 Å². The molecule has 1 aromatic carbocycles. The summed E-state index contributed by atoms with van der Waals surface area (Å²) in [5, 5.41) is 6.61. The fourth-order valence-corrected chi connectivity index (χ4v) is 2.47. The van der Waals surface area contributed by atoms with Crippen LogP contribution in [0.4, 0.5) is 9.52 Å². The van der Waals surface area contributed by atoms with E-state index in [0.29, 0.717) is 21.0 Å². The number of amides is 1. The Labute approximate surface area is 111 Å². The van der Waals surface area contributed by atoms with Gasteiger partial charge in [-0.1, -0.05) is 16.5 Å². The molecule has 5 nitrogen and oxygen atoms in total. The van der Waals surface area contributed by atoms with Crippen molar-refractivity contribution < 1.29 is 13.7 Å². The zero-order valence-electron chi connectivity index (χ0n) is 9.81. The number of halogens is 1. The van der Waals surface area contributed by atoms with Gasteiger partial charge in [0, 0.05) is 6.07 Å². The second-order valence-corrected chi connectivity index (χ2v) is 4.95. The fourth-order valence-electron chi connectivity index (χ4n) is 1.58. The first-order valence-electron chi connectivity index (χ1n) is 5.42. The number of fused-ring (bicyclic) bond motifs is 1. The van der Waals surface area contributed by atoms with Gasteiger partial charge < -0.3 is 4.52 Å². The molecule has 0 aliphatic rings. The number of nitrogens with one attached hydrogen (secondary N) is 1. The number of hydrogen-bond acceptors (Lipinski definition) is 5. The third kappa shape index (κ3) is 2.32. The number of thiazole rings is 1. The molecule has 2 aromatic heterocycles. The Balaban J connectivity index is 1.87. The molecule has 0 fully saturated rings. The lowest BCUT2D eigenvalue weighted by molar-refractivity contribution is 0.0988. The summed E-state index contributed by atoms with van der Waals surface area (Å²) in [6.45, 7) is 1.72. The monoisotopic (exact) mass is 277 g/mol. The molecule has 0 saturated carbocycles. The zero-order chi connectivity index (χ0) is 13.4. The molecule has 7 heteroatoms. The molecule has 3 rings (SSSR count). The maximum Gasteiger partial charge on any atom is 0.296 e. The van der Waals surface area contributed by atoms with Crippen LogP contribution in [-0.4, -0.2) is 16.0 Å². The lowest BCUT2D eigenvalue weighted by Gasteiger charge is -1.95. The molecule has 0 saturated heterocycles. The highest BCUT2D eigenvalue weighted by atomic mass is 32.1. The molecule has 0 spiro atoms. The SMILES string of the molecule is Cc1cc(C(=O)Nc2nc3ccc(F)cc3s2)on1. The lowest BCUT2D eigenvalue weighted by atomic mass is 10.3. The minimum absolute atomic E-state index is 0.114. The number of aromatic nitrogens is 2. The van der Waals surface area contributed by atoms with Gasteiger partial charge in [-0.3, -0.25) is 10.1 Å². The molecule has 0 unspecified atom stereocenters. The molecule has 0 radical (unpaired) electrons. The normalized spacial score (nSPS) is 10.8. The van der Waals surface area contributed by atoms with E-state index in [1.54, 1.807) is 13.0 Å². The van der Waals surface area contributed by atoms with Gasteiger partial charge in [0.15, 0.2) is 5.13 Å². The molecular weight excluding hydrogens is 269 g/mol. The predicted molar refractivity (Wildman–Crippen MR) is 68.8 cm³/mol. The third-order valence-electron chi connectivity index (χ3n) is 2.42. The molecule has 96 valence electrons. The highest BCUT2D eigenvalue weighted by molar-refractivity contribution is 7.22. The fraction of sp³-hybridized carbons (Fsp3) is 0.0833. The number of carbonyl (C=O) groups excluding carboxylic acids is 1. The first kappa shape index (κ1) is 11.8. The Bertz CT molecular complexity index is 765. The summed E-state index contributed by atoms with van der Waals surface area (Å²) >= 11 is 1.20. The Hall–Kier alpha value is -2.28. The second kappa shape index (κ2) is 4.43. The average molecular weight is 277 g/mol. The highest BCUT2D eigenvalue weighted by Gasteiger charge is 2.14. The van der Waals surface area contributed by atoms with Crippen molar-refractivity contribution in [2.24, 2.45) is 0 Å². The van der Waals surface area contributed by atoms with E-state index in [4.69, 9.17) is 4.52 Å². The van der Waals surface area contributed by atoms with E-state index in [1.807, 2.05) is 0 Å². The van der Waals surface area contributed by atoms with Gasteiger partial charge in [0.1, 0.15) is 5.82 Å². The molecule has 0 aliphatic carbocycles. The Morgan fingerprint density at radius 2 is 2.26 bits per heavy atom. The van der Waals surface area contributed by atoms with E-state index in [9.17, 15) is 9.18 Å². The van der Waals surface area contributed by atoms with Gasteiger partial charge in [0.2, 0.25) is 5.76 Å². The number of aryl methyl sites for hydroxylation is 1.